The van der Waals surface area contributed by atoms with Crippen LogP contribution in [0.4, 0.5) is 0 Å². The third-order valence-corrected chi connectivity index (χ3v) is 1.37. The Bertz CT molecular complexity index is 409. The van der Waals surface area contributed by atoms with E-state index in [-0.39, 0.29) is 0 Å². The molecule has 0 bridgehead atoms. The highest BCUT2D eigenvalue weighted by Gasteiger charge is 1.94. The third-order valence-electron chi connectivity index (χ3n) is 1.37. The van der Waals surface area contributed by atoms with Crippen LogP contribution >= 0.6 is 0 Å². The standard InChI is InChI=1S/C8H11N2.C2HN3/c1-3-4-5-10-7-6-9(2)8-10;3-1-5-2-4/h6-8H,5H2,1-2H3;5H/q+1;. The van der Waals surface area contributed by atoms with Gasteiger partial charge < -0.3 is 0 Å². The van der Waals surface area contributed by atoms with E-state index in [0.717, 1.165) is 6.54 Å². The van der Waals surface area contributed by atoms with Crippen molar-refractivity contribution in [3.8, 4) is 24.2 Å². The third kappa shape index (κ3) is 6.69. The maximum Gasteiger partial charge on any atom is 0.244 e. The fourth-order valence-corrected chi connectivity index (χ4v) is 0.791. The molecule has 5 nitrogen and oxygen atoms in total. The van der Waals surface area contributed by atoms with Crippen LogP contribution < -0.4 is 9.88 Å². The molecule has 0 spiro atoms. The monoisotopic (exact) mass is 202 g/mol. The van der Waals surface area contributed by atoms with Gasteiger partial charge in [0.1, 0.15) is 12.4 Å². The van der Waals surface area contributed by atoms with E-state index in [1.54, 1.807) is 5.32 Å². The highest BCUT2D eigenvalue weighted by molar-refractivity contribution is 4.95. The Balaban J connectivity index is 0.000000336. The van der Waals surface area contributed by atoms with Gasteiger partial charge in [0.15, 0.2) is 18.9 Å². The van der Waals surface area contributed by atoms with Crippen LogP contribution in [0.3, 0.4) is 0 Å². The van der Waals surface area contributed by atoms with Crippen LogP contribution in [0, 0.1) is 34.8 Å². The molecule has 0 fully saturated rings. The van der Waals surface area contributed by atoms with Crippen LogP contribution in [0.15, 0.2) is 18.7 Å². The minimum absolute atomic E-state index is 0.789. The van der Waals surface area contributed by atoms with Gasteiger partial charge in [0.25, 0.3) is 0 Å². The second-order valence-corrected chi connectivity index (χ2v) is 2.53. The maximum absolute atomic E-state index is 7.48. The zero-order valence-corrected chi connectivity index (χ0v) is 8.73. The molecule has 0 saturated heterocycles. The minimum Gasteiger partial charge on any atom is -0.240 e. The molecule has 76 valence electrons. The van der Waals surface area contributed by atoms with Gasteiger partial charge in [0, 0.05) is 0 Å². The Hall–Kier alpha value is -2.45. The van der Waals surface area contributed by atoms with Crippen molar-refractivity contribution < 1.29 is 4.57 Å². The van der Waals surface area contributed by atoms with E-state index in [9.17, 15) is 0 Å². The van der Waals surface area contributed by atoms with Crippen LogP contribution in [0.1, 0.15) is 6.92 Å². The molecular weight excluding hydrogens is 190 g/mol. The summed E-state index contributed by atoms with van der Waals surface area (Å²) in [6.07, 6.45) is 8.82. The maximum atomic E-state index is 7.48. The molecule has 1 N–H and O–H groups in total. The quantitative estimate of drug-likeness (QED) is 0.298. The summed E-state index contributed by atoms with van der Waals surface area (Å²) in [5.41, 5.74) is 0. The molecule has 1 rings (SSSR count). The average Bonchev–Trinajstić information content (AvgIpc) is 2.63. The molecule has 0 unspecified atom stereocenters. The lowest BCUT2D eigenvalue weighted by Crippen LogP contribution is -2.23. The van der Waals surface area contributed by atoms with Gasteiger partial charge in [-0.1, -0.05) is 5.92 Å². The first-order valence-corrected chi connectivity index (χ1v) is 4.18. The summed E-state index contributed by atoms with van der Waals surface area (Å²) in [5, 5.41) is 16.7. The number of hydrogen-bond acceptors (Lipinski definition) is 3. The number of nitrogens with one attached hydrogen (secondary N) is 1. The van der Waals surface area contributed by atoms with Gasteiger partial charge in [-0.15, -0.1) is 5.92 Å². The van der Waals surface area contributed by atoms with E-state index < -0.39 is 0 Å². The van der Waals surface area contributed by atoms with Crippen molar-refractivity contribution in [2.75, 3.05) is 0 Å². The fourth-order valence-electron chi connectivity index (χ4n) is 0.791. The Morgan fingerprint density at radius 3 is 2.40 bits per heavy atom. The predicted octanol–water partition coefficient (Wildman–Crippen LogP) is -0.126. The van der Waals surface area contributed by atoms with E-state index in [0.29, 0.717) is 0 Å². The number of hydrogen-bond donors (Lipinski definition) is 1. The summed E-state index contributed by atoms with van der Waals surface area (Å²) in [6, 6.07) is 0. The first-order chi connectivity index (χ1) is 7.24. The Morgan fingerprint density at radius 1 is 1.40 bits per heavy atom. The van der Waals surface area contributed by atoms with Crippen LogP contribution in [0.25, 0.3) is 0 Å². The number of nitrogens with zero attached hydrogens (tertiary/aromatic N) is 4. The summed E-state index contributed by atoms with van der Waals surface area (Å²) in [7, 11) is 2.00. The van der Waals surface area contributed by atoms with Gasteiger partial charge in [-0.05, 0) is 6.92 Å². The van der Waals surface area contributed by atoms with Crippen molar-refractivity contribution in [1.82, 2.24) is 9.88 Å². The lowest BCUT2D eigenvalue weighted by Gasteiger charge is -1.81. The van der Waals surface area contributed by atoms with Gasteiger partial charge in [0.2, 0.25) is 6.33 Å². The van der Waals surface area contributed by atoms with Crippen molar-refractivity contribution in [3.05, 3.63) is 18.7 Å². The van der Waals surface area contributed by atoms with Crippen molar-refractivity contribution >= 4 is 0 Å². The Labute approximate surface area is 89.2 Å². The molecule has 1 heterocycles. The zero-order valence-electron chi connectivity index (χ0n) is 8.73. The van der Waals surface area contributed by atoms with Crippen molar-refractivity contribution in [2.45, 2.75) is 13.5 Å². The van der Waals surface area contributed by atoms with E-state index >= 15 is 0 Å². The summed E-state index contributed by atoms with van der Waals surface area (Å²) in [5.74, 6) is 5.82. The summed E-state index contributed by atoms with van der Waals surface area (Å²) in [4.78, 5) is 0. The topological polar surface area (TPSA) is 68.4 Å². The Kier molecular flexibility index (Phi) is 6.83. The number of nitriles is 2. The second kappa shape index (κ2) is 8.16. The summed E-state index contributed by atoms with van der Waals surface area (Å²) >= 11 is 0. The molecule has 0 amide bonds. The largest absolute Gasteiger partial charge is 0.244 e. The van der Waals surface area contributed by atoms with Gasteiger partial charge in [-0.3, -0.25) is 0 Å². The van der Waals surface area contributed by atoms with Crippen LogP contribution in [-0.2, 0) is 13.6 Å². The molecule has 0 radical (unpaired) electrons. The van der Waals surface area contributed by atoms with Crippen molar-refractivity contribution in [1.29, 1.82) is 10.5 Å². The molecular formula is C10H12N5+. The van der Waals surface area contributed by atoms with Crippen molar-refractivity contribution in [2.24, 2.45) is 7.05 Å². The minimum atomic E-state index is 0.789. The van der Waals surface area contributed by atoms with Crippen LogP contribution in [0.2, 0.25) is 0 Å². The second-order valence-electron chi connectivity index (χ2n) is 2.53. The summed E-state index contributed by atoms with van der Waals surface area (Å²) < 4.78 is 4.04. The van der Waals surface area contributed by atoms with E-state index in [1.165, 1.54) is 12.4 Å². The lowest BCUT2D eigenvalue weighted by molar-refractivity contribution is -0.671. The molecule has 5 heteroatoms. The zero-order chi connectivity index (χ0) is 11.5. The molecule has 1 aromatic heterocycles. The molecule has 0 aliphatic carbocycles. The molecule has 1 aromatic rings. The van der Waals surface area contributed by atoms with Gasteiger partial charge in [-0.25, -0.2) is 14.5 Å². The smallest absolute Gasteiger partial charge is 0.240 e. The molecule has 0 saturated carbocycles. The SMILES string of the molecule is CC#CCn1cc[n+](C)c1.N#CNC#N. The predicted molar refractivity (Wildman–Crippen MR) is 53.4 cm³/mol. The fraction of sp³-hybridized carbons (Fsp3) is 0.300. The molecule has 0 aromatic carbocycles. The normalized spacial score (nSPS) is 6.93. The average molecular weight is 202 g/mol. The van der Waals surface area contributed by atoms with E-state index in [2.05, 4.69) is 11.8 Å². The van der Waals surface area contributed by atoms with E-state index in [1.807, 2.05) is 41.8 Å². The van der Waals surface area contributed by atoms with Gasteiger partial charge in [-0.2, -0.15) is 10.5 Å². The first-order valence-electron chi connectivity index (χ1n) is 4.18. The Morgan fingerprint density at radius 2 is 2.07 bits per heavy atom. The highest BCUT2D eigenvalue weighted by atomic mass is 15.1. The number of imidazole rings is 1. The first kappa shape index (κ1) is 12.6. The molecule has 0 atom stereocenters. The van der Waals surface area contributed by atoms with Crippen LogP contribution in [0.5, 0.6) is 0 Å². The molecule has 0 aliphatic heterocycles. The number of aromatic nitrogens is 2. The van der Waals surface area contributed by atoms with Crippen LogP contribution in [-0.4, -0.2) is 4.57 Å². The summed E-state index contributed by atoms with van der Waals surface area (Å²) in [6.45, 7) is 2.64. The molecule has 15 heavy (non-hydrogen) atoms. The molecule has 0 aliphatic rings. The van der Waals surface area contributed by atoms with Gasteiger partial charge >= 0.3 is 0 Å². The van der Waals surface area contributed by atoms with Crippen molar-refractivity contribution in [3.63, 3.8) is 0 Å². The van der Waals surface area contributed by atoms with Gasteiger partial charge in [0.05, 0.1) is 7.05 Å². The van der Waals surface area contributed by atoms with E-state index in [4.69, 9.17) is 10.5 Å². The lowest BCUT2D eigenvalue weighted by atomic mass is 10.6. The highest BCUT2D eigenvalue weighted by Crippen LogP contribution is 1.80. The number of rotatable bonds is 1. The number of aryl methyl sites for hydroxylation is 1.